The Morgan fingerprint density at radius 1 is 1.24 bits per heavy atom. The van der Waals surface area contributed by atoms with Gasteiger partial charge in [0.25, 0.3) is 0 Å². The molecule has 1 heterocycles. The molecule has 0 bridgehead atoms. The minimum absolute atomic E-state index is 0.230. The van der Waals surface area contributed by atoms with Crippen LogP contribution in [0.25, 0.3) is 0 Å². The summed E-state index contributed by atoms with van der Waals surface area (Å²) in [5, 5.41) is 2.08. The summed E-state index contributed by atoms with van der Waals surface area (Å²) < 4.78 is 0. The quantitative estimate of drug-likeness (QED) is 0.746. The van der Waals surface area contributed by atoms with E-state index in [4.69, 9.17) is 0 Å². The molecule has 1 amide bonds. The van der Waals surface area contributed by atoms with E-state index in [-0.39, 0.29) is 5.91 Å². The summed E-state index contributed by atoms with van der Waals surface area (Å²) in [6, 6.07) is 4.18. The molecule has 0 unspecified atom stereocenters. The van der Waals surface area contributed by atoms with Crippen molar-refractivity contribution in [2.75, 3.05) is 26.2 Å². The van der Waals surface area contributed by atoms with Crippen molar-refractivity contribution >= 4 is 17.2 Å². The van der Waals surface area contributed by atoms with Gasteiger partial charge in [-0.25, -0.2) is 0 Å². The summed E-state index contributed by atoms with van der Waals surface area (Å²) >= 11 is 1.75. The van der Waals surface area contributed by atoms with Crippen molar-refractivity contribution in [3.63, 3.8) is 0 Å². The lowest BCUT2D eigenvalue weighted by atomic mass is 10.3. The minimum Gasteiger partial charge on any atom is -0.342 e. The van der Waals surface area contributed by atoms with Crippen LogP contribution in [0, 0.1) is 0 Å². The van der Waals surface area contributed by atoms with Crippen molar-refractivity contribution < 1.29 is 4.79 Å². The first-order valence-corrected chi connectivity index (χ1v) is 7.11. The van der Waals surface area contributed by atoms with Gasteiger partial charge in [0.2, 0.25) is 5.91 Å². The maximum absolute atomic E-state index is 12.0. The Morgan fingerprint density at radius 2 is 1.94 bits per heavy atom. The molecule has 0 aromatic carbocycles. The Balaban J connectivity index is 2.49. The number of hydrogen-bond donors (Lipinski definition) is 0. The van der Waals surface area contributed by atoms with Crippen molar-refractivity contribution in [3.8, 4) is 0 Å². The van der Waals surface area contributed by atoms with Crippen LogP contribution in [0.2, 0.25) is 0 Å². The molecule has 1 rings (SSSR count). The summed E-state index contributed by atoms with van der Waals surface area (Å²) in [4.78, 5) is 17.4. The third-order valence-corrected chi connectivity index (χ3v) is 3.74. The van der Waals surface area contributed by atoms with Crippen LogP contribution in [0.1, 0.15) is 25.6 Å². The van der Waals surface area contributed by atoms with Gasteiger partial charge in [-0.1, -0.05) is 13.0 Å². The van der Waals surface area contributed by atoms with E-state index in [1.54, 1.807) is 11.3 Å². The molecule has 1 aromatic heterocycles. The van der Waals surface area contributed by atoms with Crippen LogP contribution < -0.4 is 0 Å². The van der Waals surface area contributed by atoms with Crippen LogP contribution in [-0.2, 0) is 11.3 Å². The molecule has 0 saturated heterocycles. The van der Waals surface area contributed by atoms with E-state index in [1.165, 1.54) is 4.88 Å². The molecular weight excluding hydrogens is 232 g/mol. The van der Waals surface area contributed by atoms with Gasteiger partial charge in [0, 0.05) is 24.5 Å². The predicted molar refractivity (Wildman–Crippen MR) is 73.2 cm³/mol. The predicted octanol–water partition coefficient (Wildman–Crippen LogP) is 2.44. The zero-order valence-corrected chi connectivity index (χ0v) is 11.8. The molecule has 96 valence electrons. The van der Waals surface area contributed by atoms with Crippen molar-refractivity contribution in [2.24, 2.45) is 0 Å². The SMILES string of the molecule is CCN(CC(=O)N(CC)CC)Cc1cccs1. The number of likely N-dealkylation sites (N-methyl/N-ethyl adjacent to an activating group) is 2. The van der Waals surface area contributed by atoms with Gasteiger partial charge in [0.05, 0.1) is 6.54 Å². The topological polar surface area (TPSA) is 23.6 Å². The lowest BCUT2D eigenvalue weighted by Gasteiger charge is -2.24. The van der Waals surface area contributed by atoms with E-state index in [1.807, 2.05) is 18.7 Å². The third kappa shape index (κ3) is 4.48. The molecule has 0 aliphatic heterocycles. The lowest BCUT2D eigenvalue weighted by molar-refractivity contribution is -0.132. The van der Waals surface area contributed by atoms with Crippen LogP contribution in [0.15, 0.2) is 17.5 Å². The Labute approximate surface area is 108 Å². The zero-order valence-electron chi connectivity index (χ0n) is 11.0. The minimum atomic E-state index is 0.230. The van der Waals surface area contributed by atoms with E-state index in [2.05, 4.69) is 29.3 Å². The maximum Gasteiger partial charge on any atom is 0.236 e. The number of hydrogen-bond acceptors (Lipinski definition) is 3. The highest BCUT2D eigenvalue weighted by Gasteiger charge is 2.14. The summed E-state index contributed by atoms with van der Waals surface area (Å²) in [6.07, 6.45) is 0. The highest BCUT2D eigenvalue weighted by atomic mass is 32.1. The summed E-state index contributed by atoms with van der Waals surface area (Å²) in [6.45, 7) is 10.1. The molecule has 3 nitrogen and oxygen atoms in total. The van der Waals surface area contributed by atoms with E-state index < -0.39 is 0 Å². The molecule has 0 fully saturated rings. The van der Waals surface area contributed by atoms with E-state index in [0.29, 0.717) is 6.54 Å². The number of carbonyl (C=O) groups excluding carboxylic acids is 1. The van der Waals surface area contributed by atoms with Crippen LogP contribution in [0.4, 0.5) is 0 Å². The van der Waals surface area contributed by atoms with Crippen LogP contribution in [0.5, 0.6) is 0 Å². The second-order valence-electron chi connectivity index (χ2n) is 3.95. The average Bonchev–Trinajstić information content (AvgIpc) is 2.82. The molecule has 0 spiro atoms. The Kier molecular flexibility index (Phi) is 6.22. The van der Waals surface area contributed by atoms with E-state index in [9.17, 15) is 4.79 Å². The van der Waals surface area contributed by atoms with Crippen LogP contribution >= 0.6 is 11.3 Å². The largest absolute Gasteiger partial charge is 0.342 e. The normalized spacial score (nSPS) is 10.8. The molecule has 0 radical (unpaired) electrons. The molecule has 4 heteroatoms. The third-order valence-electron chi connectivity index (χ3n) is 2.88. The Hall–Kier alpha value is -0.870. The first-order valence-electron chi connectivity index (χ1n) is 6.23. The first-order chi connectivity index (χ1) is 8.21. The zero-order chi connectivity index (χ0) is 12.7. The molecule has 0 atom stereocenters. The highest BCUT2D eigenvalue weighted by molar-refractivity contribution is 7.09. The lowest BCUT2D eigenvalue weighted by Crippen LogP contribution is -2.39. The van der Waals surface area contributed by atoms with Gasteiger partial charge in [0.15, 0.2) is 0 Å². The fourth-order valence-electron chi connectivity index (χ4n) is 1.77. The number of rotatable bonds is 7. The Bertz CT molecular complexity index is 320. The molecular formula is C13H22N2OS. The van der Waals surface area contributed by atoms with Gasteiger partial charge in [-0.2, -0.15) is 0 Å². The second kappa shape index (κ2) is 7.45. The van der Waals surface area contributed by atoms with Gasteiger partial charge >= 0.3 is 0 Å². The van der Waals surface area contributed by atoms with Crippen molar-refractivity contribution in [3.05, 3.63) is 22.4 Å². The van der Waals surface area contributed by atoms with Gasteiger partial charge in [-0.3, -0.25) is 9.69 Å². The van der Waals surface area contributed by atoms with Gasteiger partial charge in [0.1, 0.15) is 0 Å². The highest BCUT2D eigenvalue weighted by Crippen LogP contribution is 2.11. The van der Waals surface area contributed by atoms with E-state index >= 15 is 0 Å². The van der Waals surface area contributed by atoms with Crippen LogP contribution in [-0.4, -0.2) is 41.9 Å². The van der Waals surface area contributed by atoms with Gasteiger partial charge in [-0.15, -0.1) is 11.3 Å². The second-order valence-corrected chi connectivity index (χ2v) is 4.98. The van der Waals surface area contributed by atoms with Crippen molar-refractivity contribution in [1.29, 1.82) is 0 Å². The molecule has 0 N–H and O–H groups in total. The van der Waals surface area contributed by atoms with Crippen LogP contribution in [0.3, 0.4) is 0 Å². The fraction of sp³-hybridized carbons (Fsp3) is 0.615. The molecule has 0 saturated carbocycles. The molecule has 17 heavy (non-hydrogen) atoms. The number of amides is 1. The molecule has 1 aromatic rings. The Morgan fingerprint density at radius 3 is 2.41 bits per heavy atom. The number of nitrogens with zero attached hydrogens (tertiary/aromatic N) is 2. The monoisotopic (exact) mass is 254 g/mol. The fourth-order valence-corrected chi connectivity index (χ4v) is 2.52. The molecule has 0 aliphatic carbocycles. The maximum atomic E-state index is 12.0. The summed E-state index contributed by atoms with van der Waals surface area (Å²) in [5.41, 5.74) is 0. The first kappa shape index (κ1) is 14.2. The molecule has 0 aliphatic rings. The average molecular weight is 254 g/mol. The van der Waals surface area contributed by atoms with Gasteiger partial charge in [-0.05, 0) is 31.8 Å². The summed E-state index contributed by atoms with van der Waals surface area (Å²) in [7, 11) is 0. The van der Waals surface area contributed by atoms with Crippen molar-refractivity contribution in [1.82, 2.24) is 9.80 Å². The number of thiophene rings is 1. The van der Waals surface area contributed by atoms with Crippen molar-refractivity contribution in [2.45, 2.75) is 27.3 Å². The van der Waals surface area contributed by atoms with E-state index in [0.717, 1.165) is 26.2 Å². The smallest absolute Gasteiger partial charge is 0.236 e. The standard InChI is InChI=1S/C13H22N2OS/c1-4-14(10-12-8-7-9-17-12)11-13(16)15(5-2)6-3/h7-9H,4-6,10-11H2,1-3H3. The number of carbonyl (C=O) groups is 1. The van der Waals surface area contributed by atoms with Gasteiger partial charge < -0.3 is 4.90 Å². The summed E-state index contributed by atoms with van der Waals surface area (Å²) in [5.74, 6) is 0.230.